The molecule has 0 bridgehead atoms. The van der Waals surface area contributed by atoms with Crippen LogP contribution in [0.25, 0.3) is 0 Å². The summed E-state index contributed by atoms with van der Waals surface area (Å²) in [4.78, 5) is 11.8. The molecule has 0 aliphatic heterocycles. The molecule has 0 saturated heterocycles. The van der Waals surface area contributed by atoms with Gasteiger partial charge in [0.15, 0.2) is 4.91 Å². The Morgan fingerprint density at radius 1 is 1.43 bits per heavy atom. The molecule has 0 atom stereocenters. The number of methoxy groups -OCH3 is 1. The summed E-state index contributed by atoms with van der Waals surface area (Å²) in [5.41, 5.74) is 0. The minimum atomic E-state index is -0.405. The summed E-state index contributed by atoms with van der Waals surface area (Å²) in [6, 6.07) is 0. The summed E-state index contributed by atoms with van der Waals surface area (Å²) >= 11 is 1.15. The molecule has 0 aliphatic rings. The molecular weight excluding hydrogens is 204 g/mol. The van der Waals surface area contributed by atoms with Crippen molar-refractivity contribution in [1.82, 2.24) is 10.0 Å². The monoisotopic (exact) mass is 220 g/mol. The number of hydrogen-bond donors (Lipinski definition) is 2. The maximum atomic E-state index is 11.4. The number of nitrogens with one attached hydrogen (secondary N) is 2. The smallest absolute Gasteiger partial charge is 0.351 e. The number of carbonyl (C=O) groups is 1. The van der Waals surface area contributed by atoms with E-state index in [2.05, 4.69) is 10.0 Å². The Balaban J connectivity index is 4.70. The van der Waals surface area contributed by atoms with E-state index in [0.29, 0.717) is 17.4 Å². The van der Waals surface area contributed by atoms with Crippen LogP contribution in [0.15, 0.2) is 10.8 Å². The van der Waals surface area contributed by atoms with Crippen molar-refractivity contribution in [3.63, 3.8) is 0 Å². The van der Waals surface area contributed by atoms with E-state index in [1.807, 2.05) is 0 Å². The van der Waals surface area contributed by atoms with Crippen molar-refractivity contribution >= 4 is 17.9 Å². The van der Waals surface area contributed by atoms with Crippen LogP contribution >= 0.6 is 11.9 Å². The predicted molar refractivity (Wildman–Crippen MR) is 56.4 cm³/mol. The first-order valence-corrected chi connectivity index (χ1v) is 4.99. The van der Waals surface area contributed by atoms with E-state index >= 15 is 0 Å². The Bertz CT molecular complexity index is 213. The number of rotatable bonds is 6. The van der Waals surface area contributed by atoms with Crippen molar-refractivity contribution in [3.05, 3.63) is 10.8 Å². The largest absolute Gasteiger partial charge is 0.482 e. The van der Waals surface area contributed by atoms with Crippen LogP contribution in [0.3, 0.4) is 0 Å². The SMILES string of the molecule is CCOC(=O)/C(SNC)=C(/NC)OC. The van der Waals surface area contributed by atoms with Gasteiger partial charge in [0.05, 0.1) is 13.7 Å². The molecule has 0 radical (unpaired) electrons. The minimum Gasteiger partial charge on any atom is -0.482 e. The molecule has 5 nitrogen and oxygen atoms in total. The van der Waals surface area contributed by atoms with Gasteiger partial charge < -0.3 is 14.8 Å². The van der Waals surface area contributed by atoms with Crippen LogP contribution in [0, 0.1) is 0 Å². The normalized spacial score (nSPS) is 11.7. The second-order valence-corrected chi connectivity index (χ2v) is 3.16. The highest BCUT2D eigenvalue weighted by Gasteiger charge is 2.17. The van der Waals surface area contributed by atoms with Gasteiger partial charge in [-0.3, -0.25) is 4.72 Å². The average molecular weight is 220 g/mol. The van der Waals surface area contributed by atoms with Crippen molar-refractivity contribution in [2.75, 3.05) is 27.8 Å². The Labute approximate surface area is 88.4 Å². The number of esters is 1. The summed E-state index contributed by atoms with van der Waals surface area (Å²) in [7, 11) is 4.88. The topological polar surface area (TPSA) is 59.6 Å². The summed E-state index contributed by atoms with van der Waals surface area (Å²) in [6.07, 6.45) is 0. The van der Waals surface area contributed by atoms with E-state index in [1.54, 1.807) is 21.0 Å². The van der Waals surface area contributed by atoms with Crippen LogP contribution < -0.4 is 10.0 Å². The van der Waals surface area contributed by atoms with Gasteiger partial charge in [0.1, 0.15) is 0 Å². The molecule has 0 aliphatic carbocycles. The van der Waals surface area contributed by atoms with E-state index in [1.165, 1.54) is 7.11 Å². The third kappa shape index (κ3) is 3.89. The minimum absolute atomic E-state index is 0.341. The van der Waals surface area contributed by atoms with Crippen molar-refractivity contribution in [3.8, 4) is 0 Å². The van der Waals surface area contributed by atoms with Crippen LogP contribution in [0.5, 0.6) is 0 Å². The molecule has 0 aromatic heterocycles. The van der Waals surface area contributed by atoms with Crippen molar-refractivity contribution in [1.29, 1.82) is 0 Å². The van der Waals surface area contributed by atoms with Gasteiger partial charge >= 0.3 is 5.97 Å². The number of ether oxygens (including phenoxy) is 2. The number of hydrogen-bond acceptors (Lipinski definition) is 6. The first-order chi connectivity index (χ1) is 6.71. The Morgan fingerprint density at radius 2 is 2.07 bits per heavy atom. The van der Waals surface area contributed by atoms with Crippen LogP contribution in [0.2, 0.25) is 0 Å². The number of carbonyl (C=O) groups excluding carboxylic acids is 1. The molecule has 6 heteroatoms. The van der Waals surface area contributed by atoms with E-state index in [9.17, 15) is 4.79 Å². The summed E-state index contributed by atoms with van der Waals surface area (Å²) < 4.78 is 12.6. The van der Waals surface area contributed by atoms with Gasteiger partial charge in [-0.15, -0.1) is 0 Å². The lowest BCUT2D eigenvalue weighted by atomic mass is 10.5. The fourth-order valence-corrected chi connectivity index (χ4v) is 1.41. The van der Waals surface area contributed by atoms with E-state index < -0.39 is 5.97 Å². The second-order valence-electron chi connectivity index (χ2n) is 2.14. The van der Waals surface area contributed by atoms with Gasteiger partial charge in [0, 0.05) is 7.05 Å². The van der Waals surface area contributed by atoms with Gasteiger partial charge in [0.25, 0.3) is 0 Å². The summed E-state index contributed by atoms with van der Waals surface area (Å²) in [6.45, 7) is 2.10. The zero-order valence-electron chi connectivity index (χ0n) is 8.84. The summed E-state index contributed by atoms with van der Waals surface area (Å²) in [5.74, 6) is -0.0131. The van der Waals surface area contributed by atoms with Gasteiger partial charge in [-0.2, -0.15) is 0 Å². The second kappa shape index (κ2) is 7.52. The molecule has 0 unspecified atom stereocenters. The maximum Gasteiger partial charge on any atom is 0.351 e. The first-order valence-electron chi connectivity index (χ1n) is 4.17. The molecule has 0 saturated carbocycles. The zero-order chi connectivity index (χ0) is 11.0. The fraction of sp³-hybridized carbons (Fsp3) is 0.625. The van der Waals surface area contributed by atoms with Crippen molar-refractivity contribution < 1.29 is 14.3 Å². The molecular formula is C8H16N2O3S. The third-order valence-corrected chi connectivity index (χ3v) is 2.06. The molecule has 0 spiro atoms. The van der Waals surface area contributed by atoms with Crippen LogP contribution in [-0.4, -0.2) is 33.8 Å². The maximum absolute atomic E-state index is 11.4. The first kappa shape index (κ1) is 13.1. The molecule has 0 fully saturated rings. The predicted octanol–water partition coefficient (Wildman–Crippen LogP) is 0.452. The average Bonchev–Trinajstić information content (AvgIpc) is 2.18. The molecule has 0 aromatic carbocycles. The van der Waals surface area contributed by atoms with Crippen molar-refractivity contribution in [2.45, 2.75) is 6.92 Å². The standard InChI is InChI=1S/C8H16N2O3S/c1-5-13-8(11)6(14-10-3)7(9-2)12-4/h9-10H,5H2,1-4H3/b7-6+. The molecule has 0 rings (SSSR count). The quantitative estimate of drug-likeness (QED) is 0.293. The molecule has 2 N–H and O–H groups in total. The third-order valence-electron chi connectivity index (χ3n) is 1.30. The van der Waals surface area contributed by atoms with Gasteiger partial charge in [-0.25, -0.2) is 4.79 Å². The Kier molecular flexibility index (Phi) is 7.04. The van der Waals surface area contributed by atoms with E-state index in [4.69, 9.17) is 9.47 Å². The van der Waals surface area contributed by atoms with Gasteiger partial charge in [-0.1, -0.05) is 0 Å². The lowest BCUT2D eigenvalue weighted by Crippen LogP contribution is -2.18. The van der Waals surface area contributed by atoms with Crippen LogP contribution in [0.4, 0.5) is 0 Å². The highest BCUT2D eigenvalue weighted by atomic mass is 32.2. The van der Waals surface area contributed by atoms with Gasteiger partial charge in [-0.05, 0) is 25.9 Å². The van der Waals surface area contributed by atoms with E-state index in [0.717, 1.165) is 11.9 Å². The van der Waals surface area contributed by atoms with E-state index in [-0.39, 0.29) is 0 Å². The highest BCUT2D eigenvalue weighted by molar-refractivity contribution is 8.02. The fourth-order valence-electron chi connectivity index (χ4n) is 0.788. The highest BCUT2D eigenvalue weighted by Crippen LogP contribution is 2.16. The lowest BCUT2D eigenvalue weighted by molar-refractivity contribution is -0.137. The van der Waals surface area contributed by atoms with Gasteiger partial charge in [0.2, 0.25) is 5.88 Å². The molecule has 14 heavy (non-hydrogen) atoms. The summed E-state index contributed by atoms with van der Waals surface area (Å²) in [5, 5.41) is 2.77. The molecule has 0 heterocycles. The van der Waals surface area contributed by atoms with Crippen molar-refractivity contribution in [2.24, 2.45) is 0 Å². The van der Waals surface area contributed by atoms with Crippen LogP contribution in [0.1, 0.15) is 6.92 Å². The molecule has 0 aromatic rings. The molecule has 0 amide bonds. The lowest BCUT2D eigenvalue weighted by Gasteiger charge is -2.11. The zero-order valence-corrected chi connectivity index (χ0v) is 9.66. The van der Waals surface area contributed by atoms with Crippen LogP contribution in [-0.2, 0) is 14.3 Å². The Morgan fingerprint density at radius 3 is 2.43 bits per heavy atom. The molecule has 82 valence electrons. The Hall–Kier alpha value is -0.880.